The van der Waals surface area contributed by atoms with Crippen LogP contribution in [-0.2, 0) is 0 Å². The number of anilines is 2. The Labute approximate surface area is 107 Å². The highest BCUT2D eigenvalue weighted by Gasteiger charge is 2.22. The van der Waals surface area contributed by atoms with Gasteiger partial charge in [0.15, 0.2) is 11.6 Å². The van der Waals surface area contributed by atoms with Gasteiger partial charge in [0.1, 0.15) is 0 Å². The van der Waals surface area contributed by atoms with Crippen LogP contribution < -0.4 is 11.1 Å². The van der Waals surface area contributed by atoms with Gasteiger partial charge < -0.3 is 11.1 Å². The summed E-state index contributed by atoms with van der Waals surface area (Å²) in [6, 6.07) is 2.57. The lowest BCUT2D eigenvalue weighted by atomic mass is 9.84. The average Bonchev–Trinajstić information content (AvgIpc) is 2.40. The minimum Gasteiger partial charge on any atom is -0.397 e. The van der Waals surface area contributed by atoms with Crippen LogP contribution in [0.25, 0.3) is 0 Å². The van der Waals surface area contributed by atoms with Gasteiger partial charge in [0.25, 0.3) is 0 Å². The number of hydrogen-bond donors (Lipinski definition) is 2. The van der Waals surface area contributed by atoms with Crippen LogP contribution in [0, 0.1) is 17.6 Å². The third-order valence-electron chi connectivity index (χ3n) is 3.86. The van der Waals surface area contributed by atoms with Gasteiger partial charge in [-0.25, -0.2) is 8.78 Å². The first-order valence-electron chi connectivity index (χ1n) is 6.59. The zero-order valence-corrected chi connectivity index (χ0v) is 10.7. The van der Waals surface area contributed by atoms with Gasteiger partial charge in [-0.15, -0.1) is 0 Å². The van der Waals surface area contributed by atoms with Crippen molar-refractivity contribution in [2.75, 3.05) is 11.1 Å². The molecule has 0 radical (unpaired) electrons. The molecule has 0 bridgehead atoms. The maximum atomic E-state index is 13.7. The molecule has 1 aromatic rings. The summed E-state index contributed by atoms with van der Waals surface area (Å²) in [5, 5.41) is 3.05. The Morgan fingerprint density at radius 1 is 1.22 bits per heavy atom. The third-order valence-corrected chi connectivity index (χ3v) is 3.86. The molecule has 0 heterocycles. The van der Waals surface area contributed by atoms with E-state index in [4.69, 9.17) is 5.73 Å². The zero-order chi connectivity index (χ0) is 13.1. The molecule has 18 heavy (non-hydrogen) atoms. The molecule has 1 atom stereocenters. The largest absolute Gasteiger partial charge is 0.397 e. The molecule has 1 aromatic carbocycles. The van der Waals surface area contributed by atoms with E-state index in [2.05, 4.69) is 5.32 Å². The third kappa shape index (κ3) is 2.74. The van der Waals surface area contributed by atoms with Crippen LogP contribution in [0.4, 0.5) is 20.2 Å². The number of halogens is 2. The molecule has 0 aromatic heterocycles. The Kier molecular flexibility index (Phi) is 4.04. The molecule has 0 spiro atoms. The second-order valence-electron chi connectivity index (χ2n) is 5.16. The molecule has 0 amide bonds. The minimum atomic E-state index is -0.877. The van der Waals surface area contributed by atoms with Crippen molar-refractivity contribution in [2.45, 2.75) is 45.1 Å². The molecule has 1 saturated carbocycles. The summed E-state index contributed by atoms with van der Waals surface area (Å²) < 4.78 is 26.9. The Balaban J connectivity index is 2.10. The number of nitrogen functional groups attached to an aromatic ring is 1. The highest BCUT2D eigenvalue weighted by molar-refractivity contribution is 5.67. The quantitative estimate of drug-likeness (QED) is 0.802. The molecule has 2 rings (SSSR count). The predicted molar refractivity (Wildman–Crippen MR) is 70.4 cm³/mol. The van der Waals surface area contributed by atoms with E-state index >= 15 is 0 Å². The second kappa shape index (κ2) is 5.55. The fourth-order valence-electron chi connectivity index (χ4n) is 2.69. The SMILES string of the molecule is CC(Nc1c(N)ccc(F)c1F)C1CCCCC1. The lowest BCUT2D eigenvalue weighted by Crippen LogP contribution is -2.28. The van der Waals surface area contributed by atoms with Crippen LogP contribution in [0.15, 0.2) is 12.1 Å². The molecule has 2 nitrogen and oxygen atoms in total. The first kappa shape index (κ1) is 13.1. The normalized spacial score (nSPS) is 18.6. The van der Waals surface area contributed by atoms with E-state index in [0.717, 1.165) is 18.9 Å². The van der Waals surface area contributed by atoms with Gasteiger partial charge in [-0.05, 0) is 37.8 Å². The second-order valence-corrected chi connectivity index (χ2v) is 5.16. The molecular formula is C14H20F2N2. The number of rotatable bonds is 3. The van der Waals surface area contributed by atoms with Crippen LogP contribution in [0.3, 0.4) is 0 Å². The van der Waals surface area contributed by atoms with Gasteiger partial charge in [0.05, 0.1) is 11.4 Å². The first-order chi connectivity index (χ1) is 8.59. The zero-order valence-electron chi connectivity index (χ0n) is 10.7. The molecule has 1 fully saturated rings. The van der Waals surface area contributed by atoms with Crippen LogP contribution in [0.1, 0.15) is 39.0 Å². The Hall–Kier alpha value is -1.32. The van der Waals surface area contributed by atoms with Crippen LogP contribution >= 0.6 is 0 Å². The summed E-state index contributed by atoms with van der Waals surface area (Å²) in [7, 11) is 0. The van der Waals surface area contributed by atoms with Crippen LogP contribution in [0.2, 0.25) is 0 Å². The fourth-order valence-corrected chi connectivity index (χ4v) is 2.69. The summed E-state index contributed by atoms with van der Waals surface area (Å²) in [5.41, 5.74) is 6.06. The number of benzene rings is 1. The van der Waals surface area contributed by atoms with Gasteiger partial charge in [0, 0.05) is 6.04 Å². The molecule has 0 saturated heterocycles. The number of hydrogen-bond acceptors (Lipinski definition) is 2. The summed E-state index contributed by atoms with van der Waals surface area (Å²) in [6.45, 7) is 2.01. The predicted octanol–water partition coefficient (Wildman–Crippen LogP) is 3.93. The van der Waals surface area contributed by atoms with E-state index in [0.29, 0.717) is 5.92 Å². The Morgan fingerprint density at radius 2 is 1.89 bits per heavy atom. The van der Waals surface area contributed by atoms with Crippen molar-refractivity contribution in [3.05, 3.63) is 23.8 Å². The van der Waals surface area contributed by atoms with E-state index < -0.39 is 11.6 Å². The van der Waals surface area contributed by atoms with Crippen LogP contribution in [0.5, 0.6) is 0 Å². The van der Waals surface area contributed by atoms with Gasteiger partial charge in [-0.3, -0.25) is 0 Å². The van der Waals surface area contributed by atoms with Gasteiger partial charge in [0.2, 0.25) is 0 Å². The standard InChI is InChI=1S/C14H20F2N2/c1-9(10-5-3-2-4-6-10)18-14-12(17)8-7-11(15)13(14)16/h7-10,18H,2-6,17H2,1H3. The molecule has 0 aliphatic heterocycles. The monoisotopic (exact) mass is 254 g/mol. The fraction of sp³-hybridized carbons (Fsp3) is 0.571. The summed E-state index contributed by atoms with van der Waals surface area (Å²) >= 11 is 0. The van der Waals surface area contributed by atoms with Crippen molar-refractivity contribution >= 4 is 11.4 Å². The maximum absolute atomic E-state index is 13.7. The van der Waals surface area contributed by atoms with Crippen molar-refractivity contribution in [3.8, 4) is 0 Å². The van der Waals surface area contributed by atoms with Crippen molar-refractivity contribution in [3.63, 3.8) is 0 Å². The van der Waals surface area contributed by atoms with E-state index in [1.165, 1.54) is 25.3 Å². The molecule has 3 N–H and O–H groups in total. The summed E-state index contributed by atoms with van der Waals surface area (Å²) in [6.07, 6.45) is 6.01. The maximum Gasteiger partial charge on any atom is 0.183 e. The Bertz CT molecular complexity index is 415. The van der Waals surface area contributed by atoms with Gasteiger partial charge in [-0.1, -0.05) is 19.3 Å². The van der Waals surface area contributed by atoms with Crippen LogP contribution in [-0.4, -0.2) is 6.04 Å². The molecule has 1 unspecified atom stereocenters. The topological polar surface area (TPSA) is 38.0 Å². The molecule has 1 aliphatic rings. The van der Waals surface area contributed by atoms with Crippen molar-refractivity contribution in [1.82, 2.24) is 0 Å². The minimum absolute atomic E-state index is 0.105. The highest BCUT2D eigenvalue weighted by atomic mass is 19.2. The van der Waals surface area contributed by atoms with E-state index in [1.807, 2.05) is 6.92 Å². The Morgan fingerprint density at radius 3 is 2.56 bits per heavy atom. The van der Waals surface area contributed by atoms with Crippen molar-refractivity contribution < 1.29 is 8.78 Å². The highest BCUT2D eigenvalue weighted by Crippen LogP contribution is 2.31. The van der Waals surface area contributed by atoms with Crippen molar-refractivity contribution in [2.24, 2.45) is 5.92 Å². The van der Waals surface area contributed by atoms with E-state index in [9.17, 15) is 8.78 Å². The van der Waals surface area contributed by atoms with Crippen molar-refractivity contribution in [1.29, 1.82) is 0 Å². The number of nitrogens with one attached hydrogen (secondary N) is 1. The van der Waals surface area contributed by atoms with E-state index in [1.54, 1.807) is 0 Å². The molecule has 100 valence electrons. The molecule has 1 aliphatic carbocycles. The summed E-state index contributed by atoms with van der Waals surface area (Å²) in [4.78, 5) is 0. The molecule has 4 heteroatoms. The summed E-state index contributed by atoms with van der Waals surface area (Å²) in [5.74, 6) is -1.22. The lowest BCUT2D eigenvalue weighted by molar-refractivity contribution is 0.327. The van der Waals surface area contributed by atoms with Gasteiger partial charge >= 0.3 is 0 Å². The van der Waals surface area contributed by atoms with E-state index in [-0.39, 0.29) is 17.4 Å². The average molecular weight is 254 g/mol. The first-order valence-corrected chi connectivity index (χ1v) is 6.59. The smallest absolute Gasteiger partial charge is 0.183 e. The number of nitrogens with two attached hydrogens (primary N) is 1. The lowest BCUT2D eigenvalue weighted by Gasteiger charge is -2.29. The molecular weight excluding hydrogens is 234 g/mol. The van der Waals surface area contributed by atoms with Gasteiger partial charge in [-0.2, -0.15) is 0 Å².